The summed E-state index contributed by atoms with van der Waals surface area (Å²) in [5.74, 6) is -0.321. The Morgan fingerprint density at radius 1 is 1.32 bits per heavy atom. The minimum Gasteiger partial charge on any atom is -0.392 e. The molecule has 1 aromatic rings. The molecule has 0 saturated carbocycles. The number of β-amino-alcohol motifs (C(OH)–C–C–N with tert-alkyl or cyclic N) is 1. The Morgan fingerprint density at radius 2 is 1.95 bits per heavy atom. The summed E-state index contributed by atoms with van der Waals surface area (Å²) in [6.45, 7) is 4.46. The fourth-order valence-electron chi connectivity index (χ4n) is 2.38. The fourth-order valence-corrected chi connectivity index (χ4v) is 2.38. The highest BCUT2D eigenvalue weighted by molar-refractivity contribution is 5.94. The van der Waals surface area contributed by atoms with Crippen LogP contribution in [0.1, 0.15) is 23.0 Å². The maximum Gasteiger partial charge on any atom is 0.433 e. The highest BCUT2D eigenvalue weighted by Crippen LogP contribution is 2.27. The smallest absolute Gasteiger partial charge is 0.392 e. The Morgan fingerprint density at radius 3 is 2.41 bits per heavy atom. The molecule has 0 bridgehead atoms. The molecule has 1 aliphatic heterocycles. The van der Waals surface area contributed by atoms with Crippen molar-refractivity contribution in [1.29, 1.82) is 0 Å². The maximum atomic E-state index is 12.4. The van der Waals surface area contributed by atoms with E-state index in [0.717, 1.165) is 18.3 Å². The third-order valence-corrected chi connectivity index (χ3v) is 3.48. The molecule has 22 heavy (non-hydrogen) atoms. The Labute approximate surface area is 126 Å². The molecule has 2 rings (SSSR count). The first-order valence-electron chi connectivity index (χ1n) is 7.00. The van der Waals surface area contributed by atoms with Crippen molar-refractivity contribution in [2.24, 2.45) is 0 Å². The van der Waals surface area contributed by atoms with E-state index in [1.807, 2.05) is 4.90 Å². The Hall–Kier alpha value is -1.67. The van der Waals surface area contributed by atoms with Crippen molar-refractivity contribution in [1.82, 2.24) is 14.8 Å². The second-order valence-electron chi connectivity index (χ2n) is 5.37. The van der Waals surface area contributed by atoms with Crippen molar-refractivity contribution in [3.63, 3.8) is 0 Å². The lowest BCUT2D eigenvalue weighted by Gasteiger charge is -2.35. The fraction of sp³-hybridized carbons (Fsp3) is 0.571. The molecule has 1 fully saturated rings. The van der Waals surface area contributed by atoms with E-state index in [-0.39, 0.29) is 11.5 Å². The molecule has 1 atom stereocenters. The second-order valence-corrected chi connectivity index (χ2v) is 5.37. The summed E-state index contributed by atoms with van der Waals surface area (Å²) in [5.41, 5.74) is -0.859. The van der Waals surface area contributed by atoms with Crippen molar-refractivity contribution in [3.05, 3.63) is 29.6 Å². The summed E-state index contributed by atoms with van der Waals surface area (Å²) in [7, 11) is 0. The first kappa shape index (κ1) is 16.7. The molecule has 122 valence electrons. The van der Waals surface area contributed by atoms with Gasteiger partial charge in [0.05, 0.1) is 11.7 Å². The second kappa shape index (κ2) is 6.62. The molecule has 1 saturated heterocycles. The molecular weight excluding hydrogens is 299 g/mol. The monoisotopic (exact) mass is 317 g/mol. The molecule has 1 aliphatic rings. The number of aliphatic hydroxyl groups excluding tert-OH is 1. The van der Waals surface area contributed by atoms with Crippen molar-refractivity contribution in [3.8, 4) is 0 Å². The van der Waals surface area contributed by atoms with Crippen LogP contribution in [0.4, 0.5) is 13.2 Å². The minimum absolute atomic E-state index is 0.150. The molecule has 5 nitrogen and oxygen atoms in total. The summed E-state index contributed by atoms with van der Waals surface area (Å²) in [5, 5.41) is 9.33. The zero-order valence-corrected chi connectivity index (χ0v) is 12.2. The van der Waals surface area contributed by atoms with E-state index in [4.69, 9.17) is 0 Å². The number of alkyl halides is 3. The summed E-state index contributed by atoms with van der Waals surface area (Å²) < 4.78 is 37.3. The van der Waals surface area contributed by atoms with Gasteiger partial charge in [0.15, 0.2) is 0 Å². The van der Waals surface area contributed by atoms with Gasteiger partial charge in [-0.1, -0.05) is 0 Å². The number of aliphatic hydroxyl groups is 1. The topological polar surface area (TPSA) is 56.7 Å². The third-order valence-electron chi connectivity index (χ3n) is 3.48. The SMILES string of the molecule is CC(O)CN1CCN(C(=O)c2ccc(C(F)(F)F)nc2)CC1. The van der Waals surface area contributed by atoms with Crippen LogP contribution in [0.25, 0.3) is 0 Å². The number of aromatic nitrogens is 1. The van der Waals surface area contributed by atoms with Crippen LogP contribution in [0, 0.1) is 0 Å². The quantitative estimate of drug-likeness (QED) is 0.911. The minimum atomic E-state index is -4.51. The highest BCUT2D eigenvalue weighted by Gasteiger charge is 2.32. The number of rotatable bonds is 3. The lowest BCUT2D eigenvalue weighted by Crippen LogP contribution is -2.50. The van der Waals surface area contributed by atoms with Gasteiger partial charge in [0.1, 0.15) is 5.69 Å². The number of hydrogen-bond acceptors (Lipinski definition) is 4. The van der Waals surface area contributed by atoms with Gasteiger partial charge in [-0.3, -0.25) is 14.7 Å². The van der Waals surface area contributed by atoms with E-state index in [2.05, 4.69) is 4.98 Å². The zero-order valence-electron chi connectivity index (χ0n) is 12.2. The molecule has 0 radical (unpaired) electrons. The predicted octanol–water partition coefficient (Wildman–Crippen LogP) is 1.24. The van der Waals surface area contributed by atoms with E-state index < -0.39 is 18.0 Å². The van der Waals surface area contributed by atoms with Gasteiger partial charge < -0.3 is 10.0 Å². The first-order chi connectivity index (χ1) is 10.3. The molecule has 0 aliphatic carbocycles. The molecule has 0 aromatic carbocycles. The van der Waals surface area contributed by atoms with Gasteiger partial charge in [-0.15, -0.1) is 0 Å². The Kier molecular flexibility index (Phi) is 5.02. The van der Waals surface area contributed by atoms with Crippen LogP contribution in [0.15, 0.2) is 18.3 Å². The highest BCUT2D eigenvalue weighted by atomic mass is 19.4. The van der Waals surface area contributed by atoms with Crippen LogP contribution >= 0.6 is 0 Å². The average Bonchev–Trinajstić information content (AvgIpc) is 2.46. The van der Waals surface area contributed by atoms with Crippen molar-refractivity contribution >= 4 is 5.91 Å². The van der Waals surface area contributed by atoms with E-state index in [0.29, 0.717) is 32.7 Å². The number of piperazine rings is 1. The zero-order chi connectivity index (χ0) is 16.3. The standard InChI is InChI=1S/C14H18F3N3O2/c1-10(21)9-19-4-6-20(7-5-19)13(22)11-2-3-12(18-8-11)14(15,16)17/h2-3,8,10,21H,4-7,9H2,1H3. The number of nitrogens with zero attached hydrogens (tertiary/aromatic N) is 3. The molecule has 1 aromatic heterocycles. The molecule has 2 heterocycles. The summed E-state index contributed by atoms with van der Waals surface area (Å²) in [6, 6.07) is 1.97. The largest absolute Gasteiger partial charge is 0.433 e. The third kappa shape index (κ3) is 4.17. The number of pyridine rings is 1. The van der Waals surface area contributed by atoms with E-state index >= 15 is 0 Å². The number of carbonyl (C=O) groups excluding carboxylic acids is 1. The number of amides is 1. The van der Waals surface area contributed by atoms with Crippen LogP contribution in [0.5, 0.6) is 0 Å². The van der Waals surface area contributed by atoms with Crippen LogP contribution in [0.2, 0.25) is 0 Å². The van der Waals surface area contributed by atoms with Crippen LogP contribution < -0.4 is 0 Å². The van der Waals surface area contributed by atoms with Gasteiger partial charge >= 0.3 is 6.18 Å². The molecule has 1 unspecified atom stereocenters. The predicted molar refractivity (Wildman–Crippen MR) is 73.3 cm³/mol. The lowest BCUT2D eigenvalue weighted by molar-refractivity contribution is -0.141. The summed E-state index contributed by atoms with van der Waals surface area (Å²) in [4.78, 5) is 19.2. The number of hydrogen-bond donors (Lipinski definition) is 1. The van der Waals surface area contributed by atoms with Gasteiger partial charge in [0, 0.05) is 38.9 Å². The van der Waals surface area contributed by atoms with Gasteiger partial charge in [0.25, 0.3) is 5.91 Å². The van der Waals surface area contributed by atoms with Crippen LogP contribution in [0.3, 0.4) is 0 Å². The van der Waals surface area contributed by atoms with Crippen LogP contribution in [-0.4, -0.2) is 64.6 Å². The summed E-state index contributed by atoms with van der Waals surface area (Å²) in [6.07, 6.45) is -3.97. The van der Waals surface area contributed by atoms with Gasteiger partial charge in [-0.2, -0.15) is 13.2 Å². The first-order valence-corrected chi connectivity index (χ1v) is 7.00. The normalized spacial score (nSPS) is 18.3. The van der Waals surface area contributed by atoms with E-state index in [1.165, 1.54) is 0 Å². The van der Waals surface area contributed by atoms with Gasteiger partial charge in [-0.05, 0) is 19.1 Å². The molecule has 1 amide bonds. The average molecular weight is 317 g/mol. The van der Waals surface area contributed by atoms with Gasteiger partial charge in [-0.25, -0.2) is 0 Å². The van der Waals surface area contributed by atoms with E-state index in [1.54, 1.807) is 11.8 Å². The molecular formula is C14H18F3N3O2. The van der Waals surface area contributed by atoms with Crippen molar-refractivity contribution in [2.75, 3.05) is 32.7 Å². The maximum absolute atomic E-state index is 12.4. The van der Waals surface area contributed by atoms with Crippen LogP contribution in [-0.2, 0) is 6.18 Å². The molecule has 1 N–H and O–H groups in total. The number of halogens is 3. The molecule has 8 heteroatoms. The summed E-state index contributed by atoms with van der Waals surface area (Å²) >= 11 is 0. The lowest BCUT2D eigenvalue weighted by atomic mass is 10.2. The van der Waals surface area contributed by atoms with Crippen molar-refractivity contribution in [2.45, 2.75) is 19.2 Å². The Balaban J connectivity index is 1.95. The Bertz CT molecular complexity index is 509. The molecule has 0 spiro atoms. The van der Waals surface area contributed by atoms with Crippen molar-refractivity contribution < 1.29 is 23.1 Å². The van der Waals surface area contributed by atoms with E-state index in [9.17, 15) is 23.1 Å². The van der Waals surface area contributed by atoms with Gasteiger partial charge in [0.2, 0.25) is 0 Å². The number of carbonyl (C=O) groups is 1.